The van der Waals surface area contributed by atoms with Crippen molar-refractivity contribution in [3.63, 3.8) is 0 Å². The summed E-state index contributed by atoms with van der Waals surface area (Å²) in [4.78, 5) is 29.7. The standard InChI is InChI=1S/C22H22N2O3/c1-3-23-21(25)19(16-11-5-7-13-18(16)27-2)20(22(23)26)24-14-8-10-15-9-4-6-12-17(15)24/h4-7,9,11-13H,3,8,10,14H2,1-2H3. The van der Waals surface area contributed by atoms with Crippen LogP contribution in [0.1, 0.15) is 24.5 Å². The molecule has 2 aliphatic rings. The summed E-state index contributed by atoms with van der Waals surface area (Å²) in [7, 11) is 1.58. The van der Waals surface area contributed by atoms with Gasteiger partial charge in [-0.05, 0) is 37.5 Å². The Morgan fingerprint density at radius 2 is 1.74 bits per heavy atom. The third-order valence-electron chi connectivity index (χ3n) is 5.22. The molecule has 0 saturated heterocycles. The molecule has 2 amide bonds. The molecule has 0 unspecified atom stereocenters. The number of methoxy groups -OCH3 is 1. The second-order valence-electron chi connectivity index (χ2n) is 6.66. The maximum atomic E-state index is 13.2. The van der Waals surface area contributed by atoms with E-state index in [4.69, 9.17) is 4.74 Å². The molecule has 0 radical (unpaired) electrons. The highest BCUT2D eigenvalue weighted by Gasteiger charge is 2.42. The van der Waals surface area contributed by atoms with Gasteiger partial charge in [-0.15, -0.1) is 0 Å². The Bertz CT molecular complexity index is 948. The molecule has 5 nitrogen and oxygen atoms in total. The topological polar surface area (TPSA) is 49.9 Å². The Kier molecular flexibility index (Phi) is 4.44. The number of aryl methyl sites for hydroxylation is 1. The number of fused-ring (bicyclic) bond motifs is 1. The third-order valence-corrected chi connectivity index (χ3v) is 5.22. The van der Waals surface area contributed by atoms with Gasteiger partial charge in [-0.3, -0.25) is 14.5 Å². The summed E-state index contributed by atoms with van der Waals surface area (Å²) in [6.45, 7) is 2.87. The normalized spacial score (nSPS) is 16.8. The number of imide groups is 1. The van der Waals surface area contributed by atoms with Crippen LogP contribution < -0.4 is 9.64 Å². The lowest BCUT2D eigenvalue weighted by atomic mass is 9.98. The number of benzene rings is 2. The molecule has 2 aliphatic heterocycles. The van der Waals surface area contributed by atoms with E-state index in [0.29, 0.717) is 35.7 Å². The number of carbonyl (C=O) groups excluding carboxylic acids is 2. The molecule has 138 valence electrons. The molecular formula is C22H22N2O3. The van der Waals surface area contributed by atoms with E-state index in [1.54, 1.807) is 7.11 Å². The van der Waals surface area contributed by atoms with Crippen LogP contribution in [0.2, 0.25) is 0 Å². The van der Waals surface area contributed by atoms with Gasteiger partial charge in [0.15, 0.2) is 0 Å². The minimum Gasteiger partial charge on any atom is -0.496 e. The van der Waals surface area contributed by atoms with Gasteiger partial charge in [0.05, 0.1) is 12.7 Å². The zero-order valence-electron chi connectivity index (χ0n) is 15.6. The fourth-order valence-electron chi connectivity index (χ4n) is 3.96. The van der Waals surface area contributed by atoms with E-state index in [1.807, 2.05) is 54.3 Å². The van der Waals surface area contributed by atoms with Gasteiger partial charge in [0, 0.05) is 24.3 Å². The van der Waals surface area contributed by atoms with Crippen LogP contribution in [0.15, 0.2) is 54.2 Å². The van der Waals surface area contributed by atoms with E-state index in [0.717, 1.165) is 18.5 Å². The van der Waals surface area contributed by atoms with Gasteiger partial charge in [-0.2, -0.15) is 0 Å². The van der Waals surface area contributed by atoms with Gasteiger partial charge in [0.2, 0.25) is 0 Å². The first kappa shape index (κ1) is 17.3. The average molecular weight is 362 g/mol. The van der Waals surface area contributed by atoms with Gasteiger partial charge in [0.1, 0.15) is 11.4 Å². The predicted molar refractivity (Wildman–Crippen MR) is 104 cm³/mol. The van der Waals surface area contributed by atoms with Crippen LogP contribution in [0.4, 0.5) is 5.69 Å². The molecule has 0 saturated carbocycles. The van der Waals surface area contributed by atoms with E-state index < -0.39 is 0 Å². The fourth-order valence-corrected chi connectivity index (χ4v) is 3.96. The monoisotopic (exact) mass is 362 g/mol. The first-order valence-corrected chi connectivity index (χ1v) is 9.26. The molecule has 27 heavy (non-hydrogen) atoms. The van der Waals surface area contributed by atoms with E-state index in [2.05, 4.69) is 6.07 Å². The number of amides is 2. The Labute approximate surface area is 158 Å². The van der Waals surface area contributed by atoms with Gasteiger partial charge in [-0.1, -0.05) is 36.4 Å². The maximum Gasteiger partial charge on any atom is 0.278 e. The summed E-state index contributed by atoms with van der Waals surface area (Å²) in [5.74, 6) is 0.0968. The van der Waals surface area contributed by atoms with Crippen molar-refractivity contribution in [2.45, 2.75) is 19.8 Å². The predicted octanol–water partition coefficient (Wildman–Crippen LogP) is 3.25. The van der Waals surface area contributed by atoms with Crippen molar-refractivity contribution in [3.05, 3.63) is 65.4 Å². The zero-order chi connectivity index (χ0) is 19.0. The van der Waals surface area contributed by atoms with Gasteiger partial charge in [-0.25, -0.2) is 0 Å². The highest BCUT2D eigenvalue weighted by Crippen LogP contribution is 2.39. The molecule has 0 N–H and O–H groups in total. The molecule has 2 aromatic rings. The van der Waals surface area contributed by atoms with E-state index in [1.165, 1.54) is 10.5 Å². The number of ether oxygens (including phenoxy) is 1. The van der Waals surface area contributed by atoms with Gasteiger partial charge >= 0.3 is 0 Å². The SMILES string of the molecule is CCN1C(=O)C(c2ccccc2OC)=C(N2CCCc3ccccc32)C1=O. The summed E-state index contributed by atoms with van der Waals surface area (Å²) in [5.41, 5.74) is 3.75. The molecule has 2 heterocycles. The minimum absolute atomic E-state index is 0.236. The van der Waals surface area contributed by atoms with Crippen molar-refractivity contribution in [3.8, 4) is 5.75 Å². The Morgan fingerprint density at radius 3 is 2.52 bits per heavy atom. The molecular weight excluding hydrogens is 340 g/mol. The van der Waals surface area contributed by atoms with Crippen molar-refractivity contribution in [1.82, 2.24) is 4.90 Å². The molecule has 0 fully saturated rings. The number of hydrogen-bond acceptors (Lipinski definition) is 4. The summed E-state index contributed by atoms with van der Waals surface area (Å²) in [6, 6.07) is 15.5. The van der Waals surface area contributed by atoms with Crippen molar-refractivity contribution in [2.75, 3.05) is 25.1 Å². The molecule has 0 spiro atoms. The van der Waals surface area contributed by atoms with E-state index in [-0.39, 0.29) is 11.8 Å². The lowest BCUT2D eigenvalue weighted by molar-refractivity contribution is -0.136. The lowest BCUT2D eigenvalue weighted by Gasteiger charge is -2.32. The van der Waals surface area contributed by atoms with Crippen LogP contribution in [0.5, 0.6) is 5.75 Å². The molecule has 0 atom stereocenters. The zero-order valence-corrected chi connectivity index (χ0v) is 15.6. The molecule has 0 aliphatic carbocycles. The van der Waals surface area contributed by atoms with Crippen molar-refractivity contribution in [2.24, 2.45) is 0 Å². The van der Waals surface area contributed by atoms with Crippen molar-refractivity contribution < 1.29 is 14.3 Å². The number of para-hydroxylation sites is 2. The molecule has 4 rings (SSSR count). The Morgan fingerprint density at radius 1 is 1.00 bits per heavy atom. The number of anilines is 1. The van der Waals surface area contributed by atoms with E-state index >= 15 is 0 Å². The van der Waals surface area contributed by atoms with Crippen molar-refractivity contribution >= 4 is 23.1 Å². The first-order chi connectivity index (χ1) is 13.2. The Hall–Kier alpha value is -3.08. The van der Waals surface area contributed by atoms with Gasteiger partial charge in [0.25, 0.3) is 11.8 Å². The molecule has 5 heteroatoms. The molecule has 0 aromatic heterocycles. The second-order valence-corrected chi connectivity index (χ2v) is 6.66. The average Bonchev–Trinajstić information content (AvgIpc) is 2.96. The molecule has 0 bridgehead atoms. The van der Waals surface area contributed by atoms with Crippen molar-refractivity contribution in [1.29, 1.82) is 0 Å². The smallest absolute Gasteiger partial charge is 0.278 e. The van der Waals surface area contributed by atoms with E-state index in [9.17, 15) is 9.59 Å². The number of rotatable bonds is 4. The quantitative estimate of drug-likeness (QED) is 0.784. The number of carbonyl (C=O) groups is 2. The Balaban J connectivity index is 1.95. The maximum absolute atomic E-state index is 13.2. The highest BCUT2D eigenvalue weighted by molar-refractivity contribution is 6.37. The van der Waals surface area contributed by atoms with Gasteiger partial charge < -0.3 is 9.64 Å². The third kappa shape index (κ3) is 2.70. The van der Waals surface area contributed by atoms with Crippen LogP contribution in [0, 0.1) is 0 Å². The summed E-state index contributed by atoms with van der Waals surface area (Å²) >= 11 is 0. The number of likely N-dealkylation sites (N-methyl/N-ethyl adjacent to an activating group) is 1. The summed E-state index contributed by atoms with van der Waals surface area (Å²) in [5, 5.41) is 0. The molecule has 2 aromatic carbocycles. The van der Waals surface area contributed by atoms with Crippen LogP contribution in [0.3, 0.4) is 0 Å². The lowest BCUT2D eigenvalue weighted by Crippen LogP contribution is -2.37. The number of hydrogen-bond donors (Lipinski definition) is 0. The number of nitrogens with zero attached hydrogens (tertiary/aromatic N) is 2. The largest absolute Gasteiger partial charge is 0.496 e. The van der Waals surface area contributed by atoms with Crippen LogP contribution in [-0.4, -0.2) is 36.9 Å². The summed E-state index contributed by atoms with van der Waals surface area (Å²) < 4.78 is 5.48. The second kappa shape index (κ2) is 6.91. The van der Waals surface area contributed by atoms with Crippen LogP contribution in [0.25, 0.3) is 5.57 Å². The summed E-state index contributed by atoms with van der Waals surface area (Å²) in [6.07, 6.45) is 1.91. The minimum atomic E-state index is -0.259. The fraction of sp³-hybridized carbons (Fsp3) is 0.273. The highest BCUT2D eigenvalue weighted by atomic mass is 16.5. The van der Waals surface area contributed by atoms with Crippen LogP contribution >= 0.6 is 0 Å². The van der Waals surface area contributed by atoms with Crippen LogP contribution in [-0.2, 0) is 16.0 Å². The first-order valence-electron chi connectivity index (χ1n) is 9.26.